The Balaban J connectivity index is 1.95. The van der Waals surface area contributed by atoms with Crippen LogP contribution in [-0.4, -0.2) is 31.2 Å². The molecule has 0 spiro atoms. The zero-order chi connectivity index (χ0) is 11.9. The largest absolute Gasteiger partial charge is 0.369 e. The van der Waals surface area contributed by atoms with E-state index in [4.69, 9.17) is 0 Å². The number of hydrogen-bond donors (Lipinski definition) is 1. The summed E-state index contributed by atoms with van der Waals surface area (Å²) in [5, 5.41) is 3.38. The summed E-state index contributed by atoms with van der Waals surface area (Å²) < 4.78 is 0. The van der Waals surface area contributed by atoms with Crippen LogP contribution in [0.2, 0.25) is 0 Å². The summed E-state index contributed by atoms with van der Waals surface area (Å²) in [4.78, 5) is 6.91. The van der Waals surface area contributed by atoms with Crippen LogP contribution in [0.15, 0.2) is 18.3 Å². The zero-order valence-electron chi connectivity index (χ0n) is 10.8. The van der Waals surface area contributed by atoms with Crippen LogP contribution >= 0.6 is 0 Å². The maximum absolute atomic E-state index is 4.46. The lowest BCUT2D eigenvalue weighted by atomic mass is 10.1. The third kappa shape index (κ3) is 3.70. The number of aromatic nitrogens is 1. The monoisotopic (exact) mass is 233 g/mol. The van der Waals surface area contributed by atoms with Crippen molar-refractivity contribution in [2.75, 3.05) is 31.1 Å². The Morgan fingerprint density at radius 2 is 2.12 bits per heavy atom. The van der Waals surface area contributed by atoms with E-state index in [0.717, 1.165) is 32.6 Å². The van der Waals surface area contributed by atoms with E-state index in [1.165, 1.54) is 30.6 Å². The Morgan fingerprint density at radius 1 is 1.29 bits per heavy atom. The van der Waals surface area contributed by atoms with Gasteiger partial charge in [0.2, 0.25) is 0 Å². The summed E-state index contributed by atoms with van der Waals surface area (Å²) in [7, 11) is 0. The molecule has 1 N–H and O–H groups in total. The summed E-state index contributed by atoms with van der Waals surface area (Å²) in [5.74, 6) is 0. The second-order valence-corrected chi connectivity index (χ2v) is 4.70. The highest BCUT2D eigenvalue weighted by Gasteiger charge is 2.10. The molecule has 3 heteroatoms. The molecule has 94 valence electrons. The normalized spacial score (nSPS) is 16.2. The summed E-state index contributed by atoms with van der Waals surface area (Å²) in [5.41, 5.74) is 2.59. The number of nitrogens with zero attached hydrogens (tertiary/aromatic N) is 2. The fourth-order valence-electron chi connectivity index (χ4n) is 2.28. The van der Waals surface area contributed by atoms with E-state index in [-0.39, 0.29) is 0 Å². The van der Waals surface area contributed by atoms with Crippen molar-refractivity contribution in [1.29, 1.82) is 0 Å². The Hall–Kier alpha value is -1.09. The Bertz CT molecular complexity index is 332. The van der Waals surface area contributed by atoms with Crippen molar-refractivity contribution in [2.24, 2.45) is 0 Å². The van der Waals surface area contributed by atoms with Crippen LogP contribution in [0.5, 0.6) is 0 Å². The van der Waals surface area contributed by atoms with Crippen molar-refractivity contribution in [1.82, 2.24) is 10.3 Å². The van der Waals surface area contributed by atoms with Crippen LogP contribution in [0, 0.1) is 0 Å². The van der Waals surface area contributed by atoms with Gasteiger partial charge in [-0.2, -0.15) is 0 Å². The van der Waals surface area contributed by atoms with E-state index in [1.807, 2.05) is 6.20 Å². The lowest BCUT2D eigenvalue weighted by Crippen LogP contribution is -2.43. The van der Waals surface area contributed by atoms with Gasteiger partial charge in [-0.05, 0) is 25.0 Å². The van der Waals surface area contributed by atoms with Gasteiger partial charge >= 0.3 is 0 Å². The Morgan fingerprint density at radius 3 is 2.88 bits per heavy atom. The van der Waals surface area contributed by atoms with Crippen LogP contribution < -0.4 is 10.2 Å². The van der Waals surface area contributed by atoms with Crippen molar-refractivity contribution < 1.29 is 0 Å². The highest BCUT2D eigenvalue weighted by atomic mass is 15.2. The Labute approximate surface area is 104 Å². The zero-order valence-corrected chi connectivity index (χ0v) is 10.8. The van der Waals surface area contributed by atoms with Crippen molar-refractivity contribution >= 4 is 5.69 Å². The van der Waals surface area contributed by atoms with Crippen LogP contribution in [0.25, 0.3) is 0 Å². The van der Waals surface area contributed by atoms with Gasteiger partial charge in [0.1, 0.15) is 0 Å². The molecule has 0 radical (unpaired) electrons. The molecule has 0 atom stereocenters. The quantitative estimate of drug-likeness (QED) is 0.790. The lowest BCUT2D eigenvalue weighted by molar-refractivity contribution is 0.588. The average Bonchev–Trinajstić information content (AvgIpc) is 2.41. The van der Waals surface area contributed by atoms with Gasteiger partial charge in [0.15, 0.2) is 0 Å². The SMILES string of the molecule is CCCCCc1cc(N2CCNCC2)ccn1. The molecule has 17 heavy (non-hydrogen) atoms. The maximum atomic E-state index is 4.46. The molecule has 1 fully saturated rings. The highest BCUT2D eigenvalue weighted by molar-refractivity contribution is 5.47. The van der Waals surface area contributed by atoms with Crippen molar-refractivity contribution in [2.45, 2.75) is 32.6 Å². The number of aryl methyl sites for hydroxylation is 1. The number of anilines is 1. The van der Waals surface area contributed by atoms with E-state index in [1.54, 1.807) is 0 Å². The first-order chi connectivity index (χ1) is 8.40. The molecule has 1 aromatic rings. The maximum Gasteiger partial charge on any atom is 0.0424 e. The minimum absolute atomic E-state index is 1.09. The fraction of sp³-hybridized carbons (Fsp3) is 0.643. The van der Waals surface area contributed by atoms with Gasteiger partial charge in [-0.3, -0.25) is 4.98 Å². The van der Waals surface area contributed by atoms with Crippen molar-refractivity contribution in [3.8, 4) is 0 Å². The van der Waals surface area contributed by atoms with Crippen molar-refractivity contribution in [3.05, 3.63) is 24.0 Å². The number of hydrogen-bond acceptors (Lipinski definition) is 3. The molecule has 2 heterocycles. The third-order valence-corrected chi connectivity index (χ3v) is 3.32. The first-order valence-electron chi connectivity index (χ1n) is 6.80. The highest BCUT2D eigenvalue weighted by Crippen LogP contribution is 2.16. The fourth-order valence-corrected chi connectivity index (χ4v) is 2.28. The van der Waals surface area contributed by atoms with E-state index in [0.29, 0.717) is 0 Å². The van der Waals surface area contributed by atoms with E-state index in [9.17, 15) is 0 Å². The van der Waals surface area contributed by atoms with E-state index in [2.05, 4.69) is 34.3 Å². The second-order valence-electron chi connectivity index (χ2n) is 4.70. The van der Waals surface area contributed by atoms with Gasteiger partial charge in [-0.15, -0.1) is 0 Å². The van der Waals surface area contributed by atoms with Crippen molar-refractivity contribution in [3.63, 3.8) is 0 Å². The average molecular weight is 233 g/mol. The summed E-state index contributed by atoms with van der Waals surface area (Å²) >= 11 is 0. The molecular weight excluding hydrogens is 210 g/mol. The molecule has 1 aliphatic rings. The predicted molar refractivity (Wildman–Crippen MR) is 72.5 cm³/mol. The van der Waals surface area contributed by atoms with E-state index < -0.39 is 0 Å². The molecule has 0 bridgehead atoms. The molecule has 1 aromatic heterocycles. The van der Waals surface area contributed by atoms with Crippen LogP contribution in [-0.2, 0) is 6.42 Å². The van der Waals surface area contributed by atoms with E-state index >= 15 is 0 Å². The first kappa shape index (κ1) is 12.4. The summed E-state index contributed by atoms with van der Waals surface area (Å²) in [6, 6.07) is 4.40. The minimum atomic E-state index is 1.09. The van der Waals surface area contributed by atoms with Gasteiger partial charge in [-0.25, -0.2) is 0 Å². The summed E-state index contributed by atoms with van der Waals surface area (Å²) in [6.45, 7) is 6.64. The number of unbranched alkanes of at least 4 members (excludes halogenated alkanes) is 2. The molecule has 3 nitrogen and oxygen atoms in total. The molecule has 0 aromatic carbocycles. The van der Waals surface area contributed by atoms with Gasteiger partial charge in [0, 0.05) is 43.8 Å². The predicted octanol–water partition coefficient (Wildman–Crippen LogP) is 2.22. The Kier molecular flexibility index (Phi) is 4.80. The number of pyridine rings is 1. The van der Waals surface area contributed by atoms with Crippen LogP contribution in [0.3, 0.4) is 0 Å². The molecule has 1 aliphatic heterocycles. The van der Waals surface area contributed by atoms with Gasteiger partial charge < -0.3 is 10.2 Å². The second kappa shape index (κ2) is 6.60. The first-order valence-corrected chi connectivity index (χ1v) is 6.80. The number of piperazine rings is 1. The molecule has 0 amide bonds. The topological polar surface area (TPSA) is 28.2 Å². The molecule has 0 aliphatic carbocycles. The third-order valence-electron chi connectivity index (χ3n) is 3.32. The molecule has 0 unspecified atom stereocenters. The standard InChI is InChI=1S/C14H23N3/c1-2-3-4-5-13-12-14(6-7-16-13)17-10-8-15-9-11-17/h6-7,12,15H,2-5,8-11H2,1H3. The molecule has 2 rings (SSSR count). The van der Waals surface area contributed by atoms with Crippen LogP contribution in [0.1, 0.15) is 31.9 Å². The van der Waals surface area contributed by atoms with Gasteiger partial charge in [-0.1, -0.05) is 19.8 Å². The summed E-state index contributed by atoms with van der Waals surface area (Å²) in [6.07, 6.45) is 6.91. The molecule has 0 saturated carbocycles. The number of rotatable bonds is 5. The molecule has 1 saturated heterocycles. The van der Waals surface area contributed by atoms with Crippen LogP contribution in [0.4, 0.5) is 5.69 Å². The van der Waals surface area contributed by atoms with Gasteiger partial charge in [0.25, 0.3) is 0 Å². The smallest absolute Gasteiger partial charge is 0.0424 e. The number of nitrogens with one attached hydrogen (secondary N) is 1. The lowest BCUT2D eigenvalue weighted by Gasteiger charge is -2.29. The minimum Gasteiger partial charge on any atom is -0.369 e. The molecular formula is C14H23N3. The van der Waals surface area contributed by atoms with Gasteiger partial charge in [0.05, 0.1) is 0 Å².